The summed E-state index contributed by atoms with van der Waals surface area (Å²) in [5.74, 6) is -3.01. The molecular weight excluding hydrogens is 697 g/mol. The van der Waals surface area contributed by atoms with Gasteiger partial charge in [-0.25, -0.2) is 13.2 Å². The Bertz CT molecular complexity index is 1640. The molecule has 1 aromatic rings. The highest BCUT2D eigenvalue weighted by atomic mass is 35.5. The number of alkyl carbamates (subject to hydrolysis) is 1. The Kier molecular flexibility index (Phi) is 10.9. The average molecular weight is 741 g/mol. The minimum Gasteiger partial charge on any atom is -0.444 e. The van der Waals surface area contributed by atoms with Crippen molar-refractivity contribution in [3.63, 3.8) is 0 Å². The van der Waals surface area contributed by atoms with Gasteiger partial charge in [-0.05, 0) is 83.9 Å². The van der Waals surface area contributed by atoms with E-state index in [0.717, 1.165) is 12.8 Å². The normalized spacial score (nSPS) is 28.5. The van der Waals surface area contributed by atoms with Gasteiger partial charge in [0.05, 0.1) is 15.3 Å². The number of rotatable bonds is 6. The highest BCUT2D eigenvalue weighted by Crippen LogP contribution is 2.46. The summed E-state index contributed by atoms with van der Waals surface area (Å²) < 4.78 is 33.0. The first-order chi connectivity index (χ1) is 23.0. The van der Waals surface area contributed by atoms with Crippen molar-refractivity contribution in [3.05, 3.63) is 46.0 Å². The molecule has 2 aliphatic carbocycles. The van der Waals surface area contributed by atoms with Gasteiger partial charge in [0.25, 0.3) is 11.8 Å². The Morgan fingerprint density at radius 2 is 1.76 bits per heavy atom. The summed E-state index contributed by atoms with van der Waals surface area (Å²) in [7, 11) is -3.90. The van der Waals surface area contributed by atoms with E-state index in [1.54, 1.807) is 20.8 Å². The molecule has 0 bridgehead atoms. The molecule has 0 aromatic heterocycles. The SMILES string of the molecule is CC(C)(C)OC(=O)N[C@H]1CCCCC/C=C\[C@H]2C[C@@]2(C(=O)NS(=O)(=O)C2CC2)NC(=O)[C@@H]2C[C@@H](NC(=O)c3ccc(Cl)c(Cl)c3)CN2C1=O. The monoisotopic (exact) mass is 739 g/mol. The number of allylic oxidation sites excluding steroid dienone is 1. The summed E-state index contributed by atoms with van der Waals surface area (Å²) >= 11 is 12.1. The van der Waals surface area contributed by atoms with Gasteiger partial charge in [-0.15, -0.1) is 0 Å². The highest BCUT2D eigenvalue weighted by molar-refractivity contribution is 7.91. The molecule has 16 heteroatoms. The molecule has 268 valence electrons. The van der Waals surface area contributed by atoms with E-state index in [1.807, 2.05) is 12.2 Å². The fraction of sp³-hybridized carbons (Fsp3) is 0.606. The molecule has 1 saturated heterocycles. The summed E-state index contributed by atoms with van der Waals surface area (Å²) in [6.45, 7) is 5.03. The van der Waals surface area contributed by atoms with Gasteiger partial charge in [-0.1, -0.05) is 48.2 Å². The predicted octanol–water partition coefficient (Wildman–Crippen LogP) is 3.59. The van der Waals surface area contributed by atoms with Crippen molar-refractivity contribution in [2.75, 3.05) is 6.54 Å². The predicted molar refractivity (Wildman–Crippen MR) is 182 cm³/mol. The Hall–Kier alpha value is -3.36. The number of carbonyl (C=O) groups excluding carboxylic acids is 5. The number of benzene rings is 1. The first-order valence-electron chi connectivity index (χ1n) is 16.6. The van der Waals surface area contributed by atoms with E-state index in [0.29, 0.717) is 25.7 Å². The molecule has 0 spiro atoms. The van der Waals surface area contributed by atoms with E-state index < -0.39 is 80.2 Å². The van der Waals surface area contributed by atoms with Crippen LogP contribution in [0, 0.1) is 5.92 Å². The lowest BCUT2D eigenvalue weighted by atomic mass is 10.0. The summed E-state index contributed by atoms with van der Waals surface area (Å²) in [5, 5.41) is 8.15. The Balaban J connectivity index is 1.43. The second-order valence-corrected chi connectivity index (χ2v) is 17.0. The minimum absolute atomic E-state index is 0.0115. The van der Waals surface area contributed by atoms with Crippen LogP contribution in [0.2, 0.25) is 10.0 Å². The number of nitrogens with zero attached hydrogens (tertiary/aromatic N) is 1. The number of sulfonamides is 1. The summed E-state index contributed by atoms with van der Waals surface area (Å²) in [4.78, 5) is 69.3. The third-order valence-corrected chi connectivity index (χ3v) is 11.6. The fourth-order valence-corrected chi connectivity index (χ4v) is 7.92. The van der Waals surface area contributed by atoms with Gasteiger partial charge in [0, 0.05) is 24.1 Å². The van der Waals surface area contributed by atoms with Gasteiger partial charge in [0.2, 0.25) is 21.8 Å². The van der Waals surface area contributed by atoms with Crippen LogP contribution in [0.4, 0.5) is 4.79 Å². The molecule has 2 heterocycles. The molecule has 3 fully saturated rings. The van der Waals surface area contributed by atoms with E-state index in [2.05, 4.69) is 20.7 Å². The molecule has 4 aliphatic rings. The fourth-order valence-electron chi connectivity index (χ4n) is 6.26. The van der Waals surface area contributed by atoms with Gasteiger partial charge in [0.15, 0.2) is 0 Å². The van der Waals surface area contributed by atoms with Crippen LogP contribution in [-0.4, -0.2) is 84.1 Å². The van der Waals surface area contributed by atoms with Crippen molar-refractivity contribution in [1.82, 2.24) is 25.6 Å². The second-order valence-electron chi connectivity index (χ2n) is 14.3. The number of carbonyl (C=O) groups is 5. The molecule has 1 aromatic carbocycles. The van der Waals surface area contributed by atoms with Crippen molar-refractivity contribution < 1.29 is 37.1 Å². The standard InChI is InChI=1S/C33H43Cl2N5O8S/c1-32(2,3)48-31(45)37-25-10-8-6-4-5-7-9-20-17-33(20,30(44)39-49(46,47)22-12-13-22)38-28(42)26-16-21(18-40(26)29(25)43)36-27(41)19-11-14-23(34)24(35)15-19/h7,9,11,14-15,20-22,25-26H,4-6,8,10,12-13,16-18H2,1-3H3,(H,36,41)(H,37,45)(H,38,42)(H,39,44)/b9-7-/t20-,21+,25-,26-,33+/m0/s1. The quantitative estimate of drug-likeness (QED) is 0.320. The highest BCUT2D eigenvalue weighted by Gasteiger charge is 2.62. The van der Waals surface area contributed by atoms with Crippen LogP contribution < -0.4 is 20.7 Å². The summed E-state index contributed by atoms with van der Waals surface area (Å²) in [5.41, 5.74) is -2.13. The zero-order valence-corrected chi connectivity index (χ0v) is 30.1. The first-order valence-corrected chi connectivity index (χ1v) is 18.9. The molecule has 2 aliphatic heterocycles. The number of amides is 5. The van der Waals surface area contributed by atoms with E-state index in [9.17, 15) is 32.4 Å². The van der Waals surface area contributed by atoms with Gasteiger partial charge in [0.1, 0.15) is 23.2 Å². The third kappa shape index (κ3) is 9.06. The molecule has 13 nitrogen and oxygen atoms in total. The number of halogens is 2. The largest absolute Gasteiger partial charge is 0.444 e. The molecule has 5 rings (SSSR count). The van der Waals surface area contributed by atoms with E-state index >= 15 is 0 Å². The van der Waals surface area contributed by atoms with E-state index in [-0.39, 0.29) is 41.4 Å². The maximum atomic E-state index is 14.2. The maximum absolute atomic E-state index is 14.2. The minimum atomic E-state index is -3.90. The Labute approximate surface area is 296 Å². The van der Waals surface area contributed by atoms with Crippen LogP contribution in [0.1, 0.15) is 88.9 Å². The Morgan fingerprint density at radius 3 is 2.43 bits per heavy atom. The first kappa shape index (κ1) is 36.9. The molecular formula is C33H43Cl2N5O8S. The van der Waals surface area contributed by atoms with Crippen LogP contribution >= 0.6 is 23.2 Å². The second kappa shape index (κ2) is 14.5. The lowest BCUT2D eigenvalue weighted by Gasteiger charge is -2.30. The molecule has 4 N–H and O–H groups in total. The van der Waals surface area contributed by atoms with E-state index in [1.165, 1.54) is 23.1 Å². The number of hydrogen-bond acceptors (Lipinski definition) is 8. The van der Waals surface area contributed by atoms with Crippen LogP contribution in [0.3, 0.4) is 0 Å². The van der Waals surface area contributed by atoms with Crippen molar-refractivity contribution in [2.45, 2.75) is 113 Å². The number of hydrogen-bond donors (Lipinski definition) is 4. The number of fused-ring (bicyclic) bond motifs is 2. The lowest BCUT2D eigenvalue weighted by molar-refractivity contribution is -0.141. The number of ether oxygens (including phenoxy) is 1. The van der Waals surface area contributed by atoms with Gasteiger partial charge in [-0.3, -0.25) is 23.9 Å². The van der Waals surface area contributed by atoms with E-state index in [4.69, 9.17) is 27.9 Å². The molecule has 5 atom stereocenters. The van der Waals surface area contributed by atoms with Crippen molar-refractivity contribution in [1.29, 1.82) is 0 Å². The topological polar surface area (TPSA) is 180 Å². The third-order valence-electron chi connectivity index (χ3n) is 9.09. The van der Waals surface area contributed by atoms with Crippen LogP contribution in [0.25, 0.3) is 0 Å². The molecule has 5 amide bonds. The van der Waals surface area contributed by atoms with Crippen LogP contribution in [-0.2, 0) is 29.1 Å². The molecule has 0 radical (unpaired) electrons. The van der Waals surface area contributed by atoms with Crippen molar-refractivity contribution >= 4 is 62.9 Å². The maximum Gasteiger partial charge on any atom is 0.408 e. The Morgan fingerprint density at radius 1 is 1.02 bits per heavy atom. The van der Waals surface area contributed by atoms with Crippen molar-refractivity contribution in [2.24, 2.45) is 5.92 Å². The zero-order chi connectivity index (χ0) is 35.7. The molecule has 49 heavy (non-hydrogen) atoms. The summed E-state index contributed by atoms with van der Waals surface area (Å²) in [6.07, 6.45) is 7.10. The van der Waals surface area contributed by atoms with Gasteiger partial charge in [-0.2, -0.15) is 0 Å². The van der Waals surface area contributed by atoms with Crippen LogP contribution in [0.15, 0.2) is 30.4 Å². The number of nitrogens with one attached hydrogen (secondary N) is 4. The smallest absolute Gasteiger partial charge is 0.408 e. The van der Waals surface area contributed by atoms with Gasteiger partial charge < -0.3 is 25.6 Å². The van der Waals surface area contributed by atoms with Crippen LogP contribution in [0.5, 0.6) is 0 Å². The zero-order valence-electron chi connectivity index (χ0n) is 27.7. The van der Waals surface area contributed by atoms with Crippen molar-refractivity contribution in [3.8, 4) is 0 Å². The molecule has 2 saturated carbocycles. The summed E-state index contributed by atoms with van der Waals surface area (Å²) in [6, 6.07) is 1.49. The molecule has 0 unspecified atom stereocenters. The average Bonchev–Trinajstić information content (AvgIpc) is 3.93. The lowest BCUT2D eigenvalue weighted by Crippen LogP contribution is -2.58. The van der Waals surface area contributed by atoms with Gasteiger partial charge >= 0.3 is 6.09 Å².